The maximum Gasteiger partial charge on any atom is 0.357 e. The number of rotatable bonds is 5. The number of ether oxygens (including phenoxy) is 1. The quantitative estimate of drug-likeness (QED) is 0.855. The van der Waals surface area contributed by atoms with E-state index in [-0.39, 0.29) is 18.2 Å². The number of thiazole rings is 1. The van der Waals surface area contributed by atoms with E-state index in [4.69, 9.17) is 4.74 Å². The second-order valence-corrected chi connectivity index (χ2v) is 5.06. The molecule has 0 radical (unpaired) electrons. The monoisotopic (exact) mass is 308 g/mol. The van der Waals surface area contributed by atoms with Crippen LogP contribution in [0.15, 0.2) is 11.4 Å². The molecule has 8 heteroatoms. The standard InChI is InChI=1S/C13H16N4O3S/c1-4-17-8(3)6-9(16-17)11(18)15-13-14-10(7-21-13)12(19)20-5-2/h6-7H,4-5H2,1-3H3,(H,14,15,18). The first-order chi connectivity index (χ1) is 10.0. The van der Waals surface area contributed by atoms with Gasteiger partial charge in [0.15, 0.2) is 16.5 Å². The van der Waals surface area contributed by atoms with Gasteiger partial charge >= 0.3 is 5.97 Å². The fraction of sp³-hybridized carbons (Fsp3) is 0.385. The van der Waals surface area contributed by atoms with Crippen LogP contribution in [-0.2, 0) is 11.3 Å². The van der Waals surface area contributed by atoms with Crippen molar-refractivity contribution in [3.05, 3.63) is 28.5 Å². The SMILES string of the molecule is CCOC(=O)c1csc(NC(=O)c2cc(C)n(CC)n2)n1. The van der Waals surface area contributed by atoms with E-state index >= 15 is 0 Å². The zero-order valence-corrected chi connectivity index (χ0v) is 12.9. The molecule has 2 aromatic heterocycles. The van der Waals surface area contributed by atoms with Crippen LogP contribution in [0.5, 0.6) is 0 Å². The van der Waals surface area contributed by atoms with Gasteiger partial charge in [0.05, 0.1) is 6.61 Å². The molecule has 0 spiro atoms. The summed E-state index contributed by atoms with van der Waals surface area (Å²) in [6, 6.07) is 1.71. The van der Waals surface area contributed by atoms with Crippen LogP contribution in [0.3, 0.4) is 0 Å². The summed E-state index contributed by atoms with van der Waals surface area (Å²) >= 11 is 1.17. The molecule has 2 rings (SSSR count). The predicted octanol–water partition coefficient (Wildman–Crippen LogP) is 2.10. The molecule has 0 saturated carbocycles. The topological polar surface area (TPSA) is 86.1 Å². The van der Waals surface area contributed by atoms with Crippen molar-refractivity contribution in [3.63, 3.8) is 0 Å². The highest BCUT2D eigenvalue weighted by Gasteiger charge is 2.16. The molecule has 2 heterocycles. The third-order valence-corrected chi connectivity index (χ3v) is 3.48. The first-order valence-corrected chi connectivity index (χ1v) is 7.41. The summed E-state index contributed by atoms with van der Waals surface area (Å²) < 4.78 is 6.58. The smallest absolute Gasteiger partial charge is 0.357 e. The molecule has 0 bridgehead atoms. The van der Waals surface area contributed by atoms with Crippen molar-refractivity contribution in [1.29, 1.82) is 0 Å². The molecule has 112 valence electrons. The number of aromatic nitrogens is 3. The molecule has 1 amide bonds. The second kappa shape index (κ2) is 6.49. The molecular weight excluding hydrogens is 292 g/mol. The van der Waals surface area contributed by atoms with E-state index in [1.165, 1.54) is 11.3 Å². The number of carbonyl (C=O) groups excluding carboxylic acids is 2. The summed E-state index contributed by atoms with van der Waals surface area (Å²) in [4.78, 5) is 27.6. The first-order valence-electron chi connectivity index (χ1n) is 6.53. The largest absolute Gasteiger partial charge is 0.461 e. The van der Waals surface area contributed by atoms with Gasteiger partial charge in [-0.25, -0.2) is 9.78 Å². The Hall–Kier alpha value is -2.22. The Morgan fingerprint density at radius 1 is 1.38 bits per heavy atom. The van der Waals surface area contributed by atoms with Crippen molar-refractivity contribution in [2.45, 2.75) is 27.3 Å². The lowest BCUT2D eigenvalue weighted by Gasteiger charge is -1.99. The number of amides is 1. The number of carbonyl (C=O) groups is 2. The summed E-state index contributed by atoms with van der Waals surface area (Å²) in [5, 5.41) is 8.70. The van der Waals surface area contributed by atoms with Crippen molar-refractivity contribution >= 4 is 28.3 Å². The molecule has 7 nitrogen and oxygen atoms in total. The third kappa shape index (κ3) is 3.46. The van der Waals surface area contributed by atoms with Crippen molar-refractivity contribution in [2.75, 3.05) is 11.9 Å². The van der Waals surface area contributed by atoms with E-state index in [2.05, 4.69) is 15.4 Å². The summed E-state index contributed by atoms with van der Waals surface area (Å²) in [7, 11) is 0. The Morgan fingerprint density at radius 3 is 2.76 bits per heavy atom. The lowest BCUT2D eigenvalue weighted by atomic mass is 10.3. The highest BCUT2D eigenvalue weighted by molar-refractivity contribution is 7.14. The Bertz CT molecular complexity index is 662. The molecule has 0 aromatic carbocycles. The van der Waals surface area contributed by atoms with E-state index in [1.54, 1.807) is 23.1 Å². The zero-order valence-electron chi connectivity index (χ0n) is 12.0. The molecule has 21 heavy (non-hydrogen) atoms. The molecular formula is C13H16N4O3S. The Labute approximate surface area is 125 Å². The summed E-state index contributed by atoms with van der Waals surface area (Å²) in [6.45, 7) is 6.54. The van der Waals surface area contributed by atoms with Crippen LogP contribution in [0, 0.1) is 6.92 Å². The number of nitrogens with one attached hydrogen (secondary N) is 1. The van der Waals surface area contributed by atoms with Crippen LogP contribution in [0.1, 0.15) is 40.5 Å². The van der Waals surface area contributed by atoms with Crippen LogP contribution in [-0.4, -0.2) is 33.2 Å². The third-order valence-electron chi connectivity index (χ3n) is 2.72. The summed E-state index contributed by atoms with van der Waals surface area (Å²) in [6.07, 6.45) is 0. The number of nitrogens with zero attached hydrogens (tertiary/aromatic N) is 3. The van der Waals surface area contributed by atoms with Crippen LogP contribution in [0.2, 0.25) is 0 Å². The molecule has 2 aromatic rings. The normalized spacial score (nSPS) is 10.4. The van der Waals surface area contributed by atoms with Crippen LogP contribution < -0.4 is 5.32 Å². The predicted molar refractivity (Wildman–Crippen MR) is 78.7 cm³/mol. The fourth-order valence-corrected chi connectivity index (χ4v) is 2.41. The van der Waals surface area contributed by atoms with Gasteiger partial charge in [0.1, 0.15) is 0 Å². The fourth-order valence-electron chi connectivity index (χ4n) is 1.73. The average molecular weight is 308 g/mol. The highest BCUT2D eigenvalue weighted by atomic mass is 32.1. The average Bonchev–Trinajstić information content (AvgIpc) is 3.05. The van der Waals surface area contributed by atoms with Gasteiger partial charge in [0.25, 0.3) is 5.91 Å². The summed E-state index contributed by atoms with van der Waals surface area (Å²) in [5.74, 6) is -0.851. The molecule has 0 unspecified atom stereocenters. The summed E-state index contributed by atoms with van der Waals surface area (Å²) in [5.41, 5.74) is 1.42. The molecule has 1 N–H and O–H groups in total. The molecule has 0 fully saturated rings. The Balaban J connectivity index is 2.07. The van der Waals surface area contributed by atoms with Gasteiger partial charge in [-0.1, -0.05) is 0 Å². The molecule has 0 atom stereocenters. The number of esters is 1. The van der Waals surface area contributed by atoms with E-state index in [0.717, 1.165) is 5.69 Å². The minimum atomic E-state index is -0.500. The number of hydrogen-bond donors (Lipinski definition) is 1. The van der Waals surface area contributed by atoms with Crippen molar-refractivity contribution in [3.8, 4) is 0 Å². The lowest BCUT2D eigenvalue weighted by molar-refractivity contribution is 0.0520. The van der Waals surface area contributed by atoms with Gasteiger partial charge in [0, 0.05) is 17.6 Å². The van der Waals surface area contributed by atoms with Crippen LogP contribution in [0.4, 0.5) is 5.13 Å². The number of hydrogen-bond acceptors (Lipinski definition) is 6. The zero-order chi connectivity index (χ0) is 15.4. The number of anilines is 1. The van der Waals surface area contributed by atoms with Gasteiger partial charge in [-0.15, -0.1) is 11.3 Å². The van der Waals surface area contributed by atoms with E-state index in [1.807, 2.05) is 13.8 Å². The van der Waals surface area contributed by atoms with Crippen molar-refractivity contribution in [1.82, 2.24) is 14.8 Å². The van der Waals surface area contributed by atoms with Crippen molar-refractivity contribution in [2.24, 2.45) is 0 Å². The maximum absolute atomic E-state index is 12.1. The Kier molecular flexibility index (Phi) is 4.69. The first kappa shape index (κ1) is 15.2. The molecule has 0 aliphatic heterocycles. The highest BCUT2D eigenvalue weighted by Crippen LogP contribution is 2.17. The van der Waals surface area contributed by atoms with Gasteiger partial charge in [-0.2, -0.15) is 5.10 Å². The molecule has 0 aliphatic carbocycles. The van der Waals surface area contributed by atoms with Crippen molar-refractivity contribution < 1.29 is 14.3 Å². The van der Waals surface area contributed by atoms with Crippen LogP contribution >= 0.6 is 11.3 Å². The van der Waals surface area contributed by atoms with Crippen LogP contribution in [0.25, 0.3) is 0 Å². The minimum Gasteiger partial charge on any atom is -0.461 e. The van der Waals surface area contributed by atoms with Gasteiger partial charge in [-0.05, 0) is 26.8 Å². The lowest BCUT2D eigenvalue weighted by Crippen LogP contribution is -2.13. The Morgan fingerprint density at radius 2 is 2.14 bits per heavy atom. The van der Waals surface area contributed by atoms with E-state index in [0.29, 0.717) is 17.4 Å². The number of aryl methyl sites for hydroxylation is 2. The van der Waals surface area contributed by atoms with Gasteiger partial charge < -0.3 is 4.74 Å². The van der Waals surface area contributed by atoms with E-state index < -0.39 is 5.97 Å². The second-order valence-electron chi connectivity index (χ2n) is 4.20. The van der Waals surface area contributed by atoms with Gasteiger partial charge in [0.2, 0.25) is 0 Å². The van der Waals surface area contributed by atoms with Gasteiger partial charge in [-0.3, -0.25) is 14.8 Å². The minimum absolute atomic E-state index is 0.187. The molecule has 0 saturated heterocycles. The molecule has 0 aliphatic rings. The van der Waals surface area contributed by atoms with E-state index in [9.17, 15) is 9.59 Å². The maximum atomic E-state index is 12.1.